The lowest BCUT2D eigenvalue weighted by Gasteiger charge is -2.11. The molecule has 116 valence electrons. The maximum absolute atomic E-state index is 13.3. The summed E-state index contributed by atoms with van der Waals surface area (Å²) in [7, 11) is 0. The van der Waals surface area contributed by atoms with Gasteiger partial charge in [-0.25, -0.2) is 4.39 Å². The van der Waals surface area contributed by atoms with Gasteiger partial charge in [0.25, 0.3) is 0 Å². The number of thioether (sulfide) groups is 1. The Labute approximate surface area is 128 Å². The zero-order valence-corrected chi connectivity index (χ0v) is 12.8. The summed E-state index contributed by atoms with van der Waals surface area (Å²) >= 11 is 1.31. The molecule has 0 spiro atoms. The van der Waals surface area contributed by atoms with E-state index in [-0.39, 0.29) is 24.1 Å². The number of amides is 1. The highest BCUT2D eigenvalue weighted by atomic mass is 32.2. The fraction of sp³-hybridized carbons (Fsp3) is 0.467. The van der Waals surface area contributed by atoms with Crippen molar-refractivity contribution in [2.75, 3.05) is 12.3 Å². The minimum Gasteiger partial charge on any atom is -0.481 e. The second-order valence-corrected chi connectivity index (χ2v) is 6.01. The van der Waals surface area contributed by atoms with Gasteiger partial charge in [-0.15, -0.1) is 11.8 Å². The summed E-state index contributed by atoms with van der Waals surface area (Å²) in [5, 5.41) is 11.3. The van der Waals surface area contributed by atoms with Gasteiger partial charge in [0.2, 0.25) is 5.91 Å². The maximum atomic E-state index is 13.3. The molecule has 0 radical (unpaired) electrons. The van der Waals surface area contributed by atoms with E-state index in [1.54, 1.807) is 18.2 Å². The van der Waals surface area contributed by atoms with Crippen LogP contribution in [-0.2, 0) is 9.59 Å². The van der Waals surface area contributed by atoms with Crippen LogP contribution in [0.2, 0.25) is 0 Å². The van der Waals surface area contributed by atoms with E-state index in [1.807, 2.05) is 6.92 Å². The number of carbonyl (C=O) groups excluding carboxylic acids is 1. The molecule has 6 heteroatoms. The third-order valence-corrected chi connectivity index (χ3v) is 3.97. The highest BCUT2D eigenvalue weighted by Gasteiger charge is 2.08. The minimum absolute atomic E-state index is 0.0963. The SMILES string of the molecule is CC(CCC(=O)O)CNC(=O)CCSc1ccccc1F. The molecule has 0 saturated carbocycles. The molecular weight excluding hydrogens is 293 g/mol. The van der Waals surface area contributed by atoms with Crippen molar-refractivity contribution in [3.05, 3.63) is 30.1 Å². The molecule has 1 unspecified atom stereocenters. The Bertz CT molecular complexity index is 482. The first-order chi connectivity index (χ1) is 9.99. The molecule has 4 nitrogen and oxygen atoms in total. The number of hydrogen-bond acceptors (Lipinski definition) is 3. The number of aliphatic carboxylic acids is 1. The molecule has 0 fully saturated rings. The quantitative estimate of drug-likeness (QED) is 0.688. The van der Waals surface area contributed by atoms with Crippen molar-refractivity contribution in [1.29, 1.82) is 0 Å². The van der Waals surface area contributed by atoms with Gasteiger partial charge in [0.15, 0.2) is 0 Å². The third kappa shape index (κ3) is 7.70. The maximum Gasteiger partial charge on any atom is 0.303 e. The molecule has 0 aliphatic heterocycles. The zero-order chi connectivity index (χ0) is 15.7. The van der Waals surface area contributed by atoms with Crippen LogP contribution in [0.1, 0.15) is 26.2 Å². The van der Waals surface area contributed by atoms with Crippen LogP contribution in [0.25, 0.3) is 0 Å². The van der Waals surface area contributed by atoms with Crippen LogP contribution in [0.15, 0.2) is 29.2 Å². The molecular formula is C15H20FNO3S. The number of nitrogens with one attached hydrogen (secondary N) is 1. The number of carbonyl (C=O) groups is 2. The first-order valence-electron chi connectivity index (χ1n) is 6.85. The van der Waals surface area contributed by atoms with Gasteiger partial charge >= 0.3 is 5.97 Å². The first kappa shape index (κ1) is 17.5. The van der Waals surface area contributed by atoms with Gasteiger partial charge in [-0.05, 0) is 24.5 Å². The van der Waals surface area contributed by atoms with Crippen LogP contribution >= 0.6 is 11.8 Å². The van der Waals surface area contributed by atoms with E-state index in [0.29, 0.717) is 30.0 Å². The molecule has 0 heterocycles. The van der Waals surface area contributed by atoms with Crippen LogP contribution in [0.4, 0.5) is 4.39 Å². The summed E-state index contributed by atoms with van der Waals surface area (Å²) in [5.74, 6) is -0.555. The fourth-order valence-electron chi connectivity index (χ4n) is 1.66. The standard InChI is InChI=1S/C15H20FNO3S/c1-11(6-7-15(19)20)10-17-14(18)8-9-21-13-5-3-2-4-12(13)16/h2-5,11H,6-10H2,1H3,(H,17,18)(H,19,20). The van der Waals surface area contributed by atoms with Gasteiger partial charge < -0.3 is 10.4 Å². The predicted octanol–water partition coefficient (Wildman–Crippen LogP) is 2.93. The lowest BCUT2D eigenvalue weighted by Crippen LogP contribution is -2.28. The van der Waals surface area contributed by atoms with E-state index in [4.69, 9.17) is 5.11 Å². The van der Waals surface area contributed by atoms with Gasteiger partial charge in [-0.1, -0.05) is 19.1 Å². The Balaban J connectivity index is 2.17. The van der Waals surface area contributed by atoms with Gasteiger partial charge in [-0.2, -0.15) is 0 Å². The van der Waals surface area contributed by atoms with Crippen LogP contribution in [0, 0.1) is 11.7 Å². The smallest absolute Gasteiger partial charge is 0.303 e. The molecule has 0 aliphatic carbocycles. The van der Waals surface area contributed by atoms with Gasteiger partial charge in [0.1, 0.15) is 5.82 Å². The van der Waals surface area contributed by atoms with E-state index in [2.05, 4.69) is 5.32 Å². The number of benzene rings is 1. The fourth-order valence-corrected chi connectivity index (χ4v) is 2.55. The number of carboxylic acids is 1. The van der Waals surface area contributed by atoms with Crippen LogP contribution in [-0.4, -0.2) is 29.3 Å². The zero-order valence-electron chi connectivity index (χ0n) is 12.0. The molecule has 21 heavy (non-hydrogen) atoms. The van der Waals surface area contributed by atoms with E-state index < -0.39 is 5.97 Å². The summed E-state index contributed by atoms with van der Waals surface area (Å²) in [6.07, 6.45) is 0.963. The van der Waals surface area contributed by atoms with Gasteiger partial charge in [0.05, 0.1) is 0 Å². The predicted molar refractivity (Wildman–Crippen MR) is 80.8 cm³/mol. The number of rotatable bonds is 9. The topological polar surface area (TPSA) is 66.4 Å². The lowest BCUT2D eigenvalue weighted by atomic mass is 10.1. The van der Waals surface area contributed by atoms with E-state index in [1.165, 1.54) is 17.8 Å². The van der Waals surface area contributed by atoms with Crippen molar-refractivity contribution >= 4 is 23.6 Å². The van der Waals surface area contributed by atoms with Crippen molar-refractivity contribution in [2.24, 2.45) is 5.92 Å². The van der Waals surface area contributed by atoms with Crippen molar-refractivity contribution in [2.45, 2.75) is 31.1 Å². The molecule has 0 aromatic heterocycles. The van der Waals surface area contributed by atoms with Crippen molar-refractivity contribution < 1.29 is 19.1 Å². The third-order valence-electron chi connectivity index (χ3n) is 2.92. The number of carboxylic acid groups (broad SMARTS) is 1. The number of halogens is 1. The molecule has 1 amide bonds. The molecule has 1 atom stereocenters. The monoisotopic (exact) mass is 313 g/mol. The van der Waals surface area contributed by atoms with Crippen molar-refractivity contribution in [3.8, 4) is 0 Å². The summed E-state index contributed by atoms with van der Waals surface area (Å²) in [5.41, 5.74) is 0. The van der Waals surface area contributed by atoms with Gasteiger partial charge in [-0.3, -0.25) is 9.59 Å². The largest absolute Gasteiger partial charge is 0.481 e. The summed E-state index contributed by atoms with van der Waals surface area (Å²) < 4.78 is 13.3. The van der Waals surface area contributed by atoms with Crippen LogP contribution in [0.5, 0.6) is 0 Å². The molecule has 0 bridgehead atoms. The molecule has 0 aliphatic rings. The number of hydrogen-bond donors (Lipinski definition) is 2. The highest BCUT2D eigenvalue weighted by Crippen LogP contribution is 2.21. The summed E-state index contributed by atoms with van der Waals surface area (Å²) in [6.45, 7) is 2.37. The molecule has 2 N–H and O–H groups in total. The highest BCUT2D eigenvalue weighted by molar-refractivity contribution is 7.99. The van der Waals surface area contributed by atoms with Crippen molar-refractivity contribution in [3.63, 3.8) is 0 Å². The Morgan fingerprint density at radius 3 is 2.71 bits per heavy atom. The Hall–Kier alpha value is -1.56. The normalized spacial score (nSPS) is 11.9. The van der Waals surface area contributed by atoms with Crippen molar-refractivity contribution in [1.82, 2.24) is 5.32 Å². The molecule has 1 aromatic rings. The first-order valence-corrected chi connectivity index (χ1v) is 7.83. The summed E-state index contributed by atoms with van der Waals surface area (Å²) in [6, 6.07) is 6.47. The lowest BCUT2D eigenvalue weighted by molar-refractivity contribution is -0.137. The Morgan fingerprint density at radius 2 is 2.05 bits per heavy atom. The molecule has 0 saturated heterocycles. The Morgan fingerprint density at radius 1 is 1.33 bits per heavy atom. The molecule has 1 rings (SSSR count). The average molecular weight is 313 g/mol. The average Bonchev–Trinajstić information content (AvgIpc) is 2.45. The van der Waals surface area contributed by atoms with Crippen LogP contribution in [0.3, 0.4) is 0 Å². The van der Waals surface area contributed by atoms with E-state index in [0.717, 1.165) is 0 Å². The van der Waals surface area contributed by atoms with E-state index in [9.17, 15) is 14.0 Å². The minimum atomic E-state index is -0.825. The molecule has 1 aromatic carbocycles. The van der Waals surface area contributed by atoms with Crippen LogP contribution < -0.4 is 5.32 Å². The Kier molecular flexibility index (Phi) is 7.82. The second-order valence-electron chi connectivity index (χ2n) is 4.87. The van der Waals surface area contributed by atoms with Gasteiger partial charge in [0, 0.05) is 30.0 Å². The van der Waals surface area contributed by atoms with E-state index >= 15 is 0 Å². The second kappa shape index (κ2) is 9.39. The summed E-state index contributed by atoms with van der Waals surface area (Å²) in [4.78, 5) is 22.6.